The summed E-state index contributed by atoms with van der Waals surface area (Å²) >= 11 is 1.75. The molecule has 1 aromatic heterocycles. The minimum absolute atomic E-state index is 0.112. The van der Waals surface area contributed by atoms with Crippen molar-refractivity contribution in [2.24, 2.45) is 10.4 Å². The van der Waals surface area contributed by atoms with Crippen LogP contribution in [-0.4, -0.2) is 39.5 Å². The fourth-order valence-corrected chi connectivity index (χ4v) is 3.68. The quantitative estimate of drug-likeness (QED) is 0.553. The van der Waals surface area contributed by atoms with E-state index in [1.54, 1.807) is 11.3 Å². The van der Waals surface area contributed by atoms with Crippen LogP contribution in [0.2, 0.25) is 0 Å². The Labute approximate surface area is 144 Å². The number of rotatable bonds is 8. The van der Waals surface area contributed by atoms with Crippen LogP contribution in [0.1, 0.15) is 36.9 Å². The van der Waals surface area contributed by atoms with Crippen LogP contribution >= 0.6 is 11.3 Å². The molecule has 0 amide bonds. The number of nitrogens with one attached hydrogen (secondary N) is 2. The lowest BCUT2D eigenvalue weighted by Gasteiger charge is -2.25. The van der Waals surface area contributed by atoms with E-state index in [1.807, 2.05) is 6.92 Å². The Hall–Kier alpha value is -1.08. The van der Waals surface area contributed by atoms with Crippen LogP contribution in [0.4, 0.5) is 0 Å². The molecule has 132 valence electrons. The molecule has 5 nitrogen and oxygen atoms in total. The Kier molecular flexibility index (Phi) is 7.54. The first-order valence-corrected chi connectivity index (χ1v) is 10.7. The highest BCUT2D eigenvalue weighted by atomic mass is 32.2. The number of nitrogens with zero attached hydrogens (tertiary/aromatic N) is 1. The maximum atomic E-state index is 11.3. The molecule has 1 aromatic rings. The van der Waals surface area contributed by atoms with Gasteiger partial charge in [-0.25, -0.2) is 13.4 Å². The zero-order chi connectivity index (χ0) is 17.5. The zero-order valence-electron chi connectivity index (χ0n) is 14.8. The normalized spacial score (nSPS) is 13.2. The fraction of sp³-hybridized carbons (Fsp3) is 0.688. The lowest BCUT2D eigenvalue weighted by molar-refractivity contribution is 0.348. The van der Waals surface area contributed by atoms with Gasteiger partial charge in [-0.2, -0.15) is 0 Å². The van der Waals surface area contributed by atoms with Crippen LogP contribution in [0, 0.1) is 12.3 Å². The summed E-state index contributed by atoms with van der Waals surface area (Å²) in [5.41, 5.74) is -0.112. The average molecular weight is 360 g/mol. The number of hydrogen-bond donors (Lipinski definition) is 2. The first-order valence-electron chi connectivity index (χ1n) is 7.86. The van der Waals surface area contributed by atoms with Crippen LogP contribution in [0.25, 0.3) is 0 Å². The highest BCUT2D eigenvalue weighted by Crippen LogP contribution is 2.20. The monoisotopic (exact) mass is 359 g/mol. The van der Waals surface area contributed by atoms with Crippen molar-refractivity contribution in [1.29, 1.82) is 0 Å². The number of thiophene rings is 1. The number of aryl methyl sites for hydroxylation is 1. The van der Waals surface area contributed by atoms with Gasteiger partial charge in [0.05, 0.1) is 12.3 Å². The van der Waals surface area contributed by atoms with Crippen LogP contribution in [0.5, 0.6) is 0 Å². The van der Waals surface area contributed by atoms with Crippen molar-refractivity contribution in [3.8, 4) is 0 Å². The van der Waals surface area contributed by atoms with Gasteiger partial charge in [0.25, 0.3) is 0 Å². The third-order valence-corrected chi connectivity index (χ3v) is 5.35. The second-order valence-electron chi connectivity index (χ2n) is 6.61. The van der Waals surface area contributed by atoms with E-state index in [-0.39, 0.29) is 11.2 Å². The zero-order valence-corrected chi connectivity index (χ0v) is 16.4. The topological polar surface area (TPSA) is 70.6 Å². The van der Waals surface area contributed by atoms with E-state index in [2.05, 4.69) is 48.5 Å². The molecule has 0 saturated heterocycles. The van der Waals surface area contributed by atoms with Crippen LogP contribution in [-0.2, 0) is 16.4 Å². The standard InChI is InChI=1S/C16H29N3O2S2/c1-6-17-15(18-11-14-8-7-13(2)22-14)19-12-16(3,4)9-10-23(5,20)21/h7-8H,6,9-12H2,1-5H3,(H2,17,18,19). The van der Waals surface area contributed by atoms with Gasteiger partial charge in [0.15, 0.2) is 5.96 Å². The van der Waals surface area contributed by atoms with Gasteiger partial charge in [-0.15, -0.1) is 11.3 Å². The van der Waals surface area contributed by atoms with Crippen molar-refractivity contribution in [3.63, 3.8) is 0 Å². The van der Waals surface area contributed by atoms with Crippen LogP contribution in [0.15, 0.2) is 17.1 Å². The van der Waals surface area contributed by atoms with E-state index >= 15 is 0 Å². The lowest BCUT2D eigenvalue weighted by Crippen LogP contribution is -2.42. The Morgan fingerprint density at radius 2 is 2.00 bits per heavy atom. The van der Waals surface area contributed by atoms with E-state index in [1.165, 1.54) is 16.0 Å². The molecule has 7 heteroatoms. The molecular weight excluding hydrogens is 330 g/mol. The fourth-order valence-electron chi connectivity index (χ4n) is 1.94. The van der Waals surface area contributed by atoms with E-state index in [4.69, 9.17) is 0 Å². The molecule has 0 aliphatic heterocycles. The third kappa shape index (κ3) is 8.95. The van der Waals surface area contributed by atoms with Gasteiger partial charge in [0.2, 0.25) is 0 Å². The van der Waals surface area contributed by atoms with Gasteiger partial charge < -0.3 is 10.6 Å². The minimum Gasteiger partial charge on any atom is -0.357 e. The van der Waals surface area contributed by atoms with Crippen LogP contribution in [0.3, 0.4) is 0 Å². The van der Waals surface area contributed by atoms with Gasteiger partial charge >= 0.3 is 0 Å². The Balaban J connectivity index is 2.57. The average Bonchev–Trinajstić information content (AvgIpc) is 2.85. The molecule has 0 atom stereocenters. The van der Waals surface area contributed by atoms with Crippen molar-refractivity contribution >= 4 is 27.1 Å². The summed E-state index contributed by atoms with van der Waals surface area (Å²) < 4.78 is 22.6. The van der Waals surface area contributed by atoms with E-state index < -0.39 is 9.84 Å². The van der Waals surface area contributed by atoms with Gasteiger partial charge in [-0.3, -0.25) is 0 Å². The van der Waals surface area contributed by atoms with Crippen molar-refractivity contribution in [2.75, 3.05) is 25.1 Å². The second-order valence-corrected chi connectivity index (χ2v) is 10.2. The molecule has 1 rings (SSSR count). The van der Waals surface area contributed by atoms with Crippen molar-refractivity contribution in [1.82, 2.24) is 10.6 Å². The highest BCUT2D eigenvalue weighted by molar-refractivity contribution is 7.90. The smallest absolute Gasteiger partial charge is 0.191 e. The van der Waals surface area contributed by atoms with Crippen molar-refractivity contribution in [3.05, 3.63) is 21.9 Å². The summed E-state index contributed by atoms with van der Waals surface area (Å²) in [7, 11) is -2.92. The van der Waals surface area contributed by atoms with Crippen molar-refractivity contribution < 1.29 is 8.42 Å². The SMILES string of the molecule is CCNC(=NCc1ccc(C)s1)NCC(C)(C)CCS(C)(=O)=O. The van der Waals surface area contributed by atoms with Gasteiger partial charge in [0.1, 0.15) is 9.84 Å². The molecule has 0 saturated carbocycles. The summed E-state index contributed by atoms with van der Waals surface area (Å²) in [6.07, 6.45) is 1.91. The first kappa shape index (κ1) is 20.0. The largest absolute Gasteiger partial charge is 0.357 e. The first-order chi connectivity index (χ1) is 10.6. The number of guanidine groups is 1. The molecule has 0 aliphatic rings. The summed E-state index contributed by atoms with van der Waals surface area (Å²) in [6, 6.07) is 4.20. The molecule has 1 heterocycles. The summed E-state index contributed by atoms with van der Waals surface area (Å²) in [4.78, 5) is 7.12. The summed E-state index contributed by atoms with van der Waals surface area (Å²) in [5, 5.41) is 6.55. The van der Waals surface area contributed by atoms with E-state index in [9.17, 15) is 8.42 Å². The van der Waals surface area contributed by atoms with Crippen molar-refractivity contribution in [2.45, 2.75) is 40.7 Å². The molecule has 0 aromatic carbocycles. The molecule has 0 unspecified atom stereocenters. The highest BCUT2D eigenvalue weighted by Gasteiger charge is 2.20. The molecule has 0 fully saturated rings. The van der Waals surface area contributed by atoms with Gasteiger partial charge in [-0.05, 0) is 37.8 Å². The Bertz CT molecular complexity index is 619. The van der Waals surface area contributed by atoms with Gasteiger partial charge in [0, 0.05) is 29.1 Å². The maximum Gasteiger partial charge on any atom is 0.191 e. The van der Waals surface area contributed by atoms with Crippen LogP contribution < -0.4 is 10.6 Å². The minimum atomic E-state index is -2.92. The third-order valence-electron chi connectivity index (χ3n) is 3.42. The molecule has 0 radical (unpaired) electrons. The molecule has 0 spiro atoms. The lowest BCUT2D eigenvalue weighted by atomic mass is 9.90. The van der Waals surface area contributed by atoms with E-state index in [0.717, 1.165) is 12.5 Å². The Morgan fingerprint density at radius 3 is 2.52 bits per heavy atom. The molecule has 0 aliphatic carbocycles. The molecular formula is C16H29N3O2S2. The molecule has 0 bridgehead atoms. The summed E-state index contributed by atoms with van der Waals surface area (Å²) in [6.45, 7) is 10.4. The Morgan fingerprint density at radius 1 is 1.30 bits per heavy atom. The number of aliphatic imine (C=N–C) groups is 1. The maximum absolute atomic E-state index is 11.3. The summed E-state index contributed by atoms with van der Waals surface area (Å²) in [5.74, 6) is 0.982. The number of hydrogen-bond acceptors (Lipinski definition) is 4. The molecule has 2 N–H and O–H groups in total. The molecule has 23 heavy (non-hydrogen) atoms. The van der Waals surface area contributed by atoms with Gasteiger partial charge in [-0.1, -0.05) is 13.8 Å². The predicted octanol–water partition coefficient (Wildman–Crippen LogP) is 2.57. The van der Waals surface area contributed by atoms with E-state index in [0.29, 0.717) is 19.5 Å². The number of sulfone groups is 1. The second kappa shape index (κ2) is 8.68. The predicted molar refractivity (Wildman–Crippen MR) is 100.0 cm³/mol.